The van der Waals surface area contributed by atoms with Gasteiger partial charge in [0.1, 0.15) is 12.1 Å². The fraction of sp³-hybridized carbons (Fsp3) is 0.0588. The van der Waals surface area contributed by atoms with E-state index in [1.165, 1.54) is 17.7 Å². The van der Waals surface area contributed by atoms with Crippen molar-refractivity contribution in [3.05, 3.63) is 46.5 Å². The molecule has 0 atom stereocenters. The molecule has 1 N–H and O–H groups in total. The minimum atomic E-state index is 0.203. The van der Waals surface area contributed by atoms with Crippen LogP contribution in [0.15, 0.2) is 35.1 Å². The maximum atomic E-state index is 7.21. The molecule has 2 aromatic heterocycles. The number of halogens is 1. The van der Waals surface area contributed by atoms with Crippen LogP contribution in [0.25, 0.3) is 26.0 Å². The molecule has 0 amide bonds. The van der Waals surface area contributed by atoms with Gasteiger partial charge >= 0.3 is 5.13 Å². The van der Waals surface area contributed by atoms with Crippen LogP contribution >= 0.6 is 27.3 Å². The Kier molecular flexibility index (Phi) is 3.41. The highest BCUT2D eigenvalue weighted by Crippen LogP contribution is 2.45. The van der Waals surface area contributed by atoms with Crippen LogP contribution < -0.4 is 14.8 Å². The Morgan fingerprint density at radius 2 is 2.04 bits per heavy atom. The van der Waals surface area contributed by atoms with Crippen molar-refractivity contribution in [2.75, 3.05) is 12.1 Å². The highest BCUT2D eigenvalue weighted by Gasteiger charge is 2.21. The molecule has 0 aliphatic carbocycles. The zero-order valence-corrected chi connectivity index (χ0v) is 15.4. The predicted molar refractivity (Wildman–Crippen MR) is 103 cm³/mol. The number of benzene rings is 2. The van der Waals surface area contributed by atoms with Crippen LogP contribution in [0.2, 0.25) is 0 Å². The van der Waals surface area contributed by atoms with E-state index in [1.54, 1.807) is 0 Å². The Balaban J connectivity index is 1.70. The molecule has 0 fully saturated rings. The third kappa shape index (κ3) is 2.27. The number of nitrogens with one attached hydrogen (secondary N) is 1. The minimum Gasteiger partial charge on any atom is -0.454 e. The summed E-state index contributed by atoms with van der Waals surface area (Å²) in [5, 5.41) is 4.56. The van der Waals surface area contributed by atoms with E-state index >= 15 is 0 Å². The molecule has 7 nitrogen and oxygen atoms in total. The number of fused-ring (bicyclic) bond motifs is 4. The molecule has 0 unspecified atom stereocenters. The highest BCUT2D eigenvalue weighted by atomic mass is 79.9. The number of thiazole rings is 1. The standard InChI is InChI=1S/C17H8BrN5O2S/c1-19-17-23-10-3-2-8-12(15(10)26-17)16(21-6-20-8)22-9-4-5-11-14(13(9)18)25-7-24-11/h2-6H,7H2,(H,20,21,22). The van der Waals surface area contributed by atoms with Crippen molar-refractivity contribution in [3.8, 4) is 11.5 Å². The molecule has 3 heterocycles. The molecule has 0 spiro atoms. The van der Waals surface area contributed by atoms with E-state index in [9.17, 15) is 0 Å². The molecule has 0 saturated heterocycles. The summed E-state index contributed by atoms with van der Waals surface area (Å²) in [7, 11) is 0. The summed E-state index contributed by atoms with van der Waals surface area (Å²) in [4.78, 5) is 16.5. The third-order valence-corrected chi connectivity index (χ3v) is 5.74. The SMILES string of the molecule is [C-]#[N+]c1nc2ccc3ncnc(Nc4ccc5c(c4Br)OCO5)c3c2s1. The van der Waals surface area contributed by atoms with Gasteiger partial charge in [0, 0.05) is 0 Å². The lowest BCUT2D eigenvalue weighted by atomic mass is 10.2. The Labute approximate surface area is 159 Å². The quantitative estimate of drug-likeness (QED) is 0.454. The van der Waals surface area contributed by atoms with E-state index in [0.717, 1.165) is 31.3 Å². The van der Waals surface area contributed by atoms with Gasteiger partial charge in [-0.3, -0.25) is 0 Å². The lowest BCUT2D eigenvalue weighted by molar-refractivity contribution is 0.173. The van der Waals surface area contributed by atoms with Crippen LogP contribution in [-0.4, -0.2) is 21.7 Å². The summed E-state index contributed by atoms with van der Waals surface area (Å²) in [5.74, 6) is 1.99. The number of ether oxygens (including phenoxy) is 2. The number of aromatic nitrogens is 3. The Morgan fingerprint density at radius 3 is 2.92 bits per heavy atom. The van der Waals surface area contributed by atoms with Gasteiger partial charge in [-0.2, -0.15) is 0 Å². The van der Waals surface area contributed by atoms with Crippen LogP contribution in [0.5, 0.6) is 11.5 Å². The van der Waals surface area contributed by atoms with Gasteiger partial charge in [-0.15, -0.1) is 16.3 Å². The molecule has 0 radical (unpaired) electrons. The largest absolute Gasteiger partial charge is 0.454 e. The second kappa shape index (κ2) is 5.79. The van der Waals surface area contributed by atoms with Crippen LogP contribution in [0, 0.1) is 6.57 Å². The van der Waals surface area contributed by atoms with Crippen LogP contribution in [-0.2, 0) is 0 Å². The van der Waals surface area contributed by atoms with Gasteiger partial charge in [0.2, 0.25) is 6.79 Å². The fourth-order valence-electron chi connectivity index (χ4n) is 2.82. The molecule has 9 heteroatoms. The summed E-state index contributed by atoms with van der Waals surface area (Å²) in [6.07, 6.45) is 1.51. The molecule has 2 aromatic carbocycles. The van der Waals surface area contributed by atoms with Crippen molar-refractivity contribution >= 4 is 65.0 Å². The normalized spacial score (nSPS) is 12.5. The van der Waals surface area contributed by atoms with E-state index in [-0.39, 0.29) is 6.79 Å². The zero-order chi connectivity index (χ0) is 17.7. The van der Waals surface area contributed by atoms with Gasteiger partial charge in [-0.05, 0) is 40.2 Å². The number of anilines is 2. The minimum absolute atomic E-state index is 0.203. The van der Waals surface area contributed by atoms with Gasteiger partial charge in [0.25, 0.3) is 0 Å². The van der Waals surface area contributed by atoms with Crippen molar-refractivity contribution in [1.82, 2.24) is 15.0 Å². The molecule has 0 saturated carbocycles. The first-order valence-electron chi connectivity index (χ1n) is 7.51. The average Bonchev–Trinajstić information content (AvgIpc) is 3.30. The Bertz CT molecular complexity index is 1230. The number of nitrogens with zero attached hydrogens (tertiary/aromatic N) is 4. The second-order valence-electron chi connectivity index (χ2n) is 5.42. The molecular weight excluding hydrogens is 418 g/mol. The first kappa shape index (κ1) is 15.3. The highest BCUT2D eigenvalue weighted by molar-refractivity contribution is 9.10. The first-order valence-corrected chi connectivity index (χ1v) is 9.12. The summed E-state index contributed by atoms with van der Waals surface area (Å²) >= 11 is 4.89. The Morgan fingerprint density at radius 1 is 1.15 bits per heavy atom. The lowest BCUT2D eigenvalue weighted by Gasteiger charge is -2.11. The van der Waals surface area contributed by atoms with Crippen LogP contribution in [0.1, 0.15) is 0 Å². The van der Waals surface area contributed by atoms with Gasteiger partial charge in [0.15, 0.2) is 17.0 Å². The van der Waals surface area contributed by atoms with Crippen molar-refractivity contribution in [1.29, 1.82) is 0 Å². The molecule has 26 heavy (non-hydrogen) atoms. The molecule has 1 aliphatic rings. The fourth-order valence-corrected chi connectivity index (χ4v) is 4.26. The first-order chi connectivity index (χ1) is 12.7. The van der Waals surface area contributed by atoms with Crippen molar-refractivity contribution < 1.29 is 9.47 Å². The van der Waals surface area contributed by atoms with Crippen molar-refractivity contribution in [3.63, 3.8) is 0 Å². The molecule has 1 aliphatic heterocycles. The molecule has 126 valence electrons. The maximum Gasteiger partial charge on any atom is 0.330 e. The summed E-state index contributed by atoms with van der Waals surface area (Å²) in [6.45, 7) is 7.41. The van der Waals surface area contributed by atoms with E-state index < -0.39 is 0 Å². The monoisotopic (exact) mass is 425 g/mol. The topological polar surface area (TPSA) is 73.5 Å². The van der Waals surface area contributed by atoms with Crippen LogP contribution in [0.4, 0.5) is 16.6 Å². The molecule has 0 bridgehead atoms. The Hall–Kier alpha value is -2.96. The van der Waals surface area contributed by atoms with Crippen LogP contribution in [0.3, 0.4) is 0 Å². The number of rotatable bonds is 2. The summed E-state index contributed by atoms with van der Waals surface area (Å²) < 4.78 is 12.5. The maximum absolute atomic E-state index is 7.21. The molecule has 5 rings (SSSR count). The van der Waals surface area contributed by atoms with E-state index in [1.807, 2.05) is 24.3 Å². The zero-order valence-electron chi connectivity index (χ0n) is 13.0. The summed E-state index contributed by atoms with van der Waals surface area (Å²) in [5.41, 5.74) is 2.34. The number of hydrogen-bond acceptors (Lipinski definition) is 7. The predicted octanol–water partition coefficient (Wildman–Crippen LogP) is 5.03. The van der Waals surface area contributed by atoms with Gasteiger partial charge in [0.05, 0.1) is 25.8 Å². The molecular formula is C17H8BrN5O2S. The van der Waals surface area contributed by atoms with Gasteiger partial charge in [-0.1, -0.05) is 6.57 Å². The molecule has 4 aromatic rings. The van der Waals surface area contributed by atoms with Crippen molar-refractivity contribution in [2.45, 2.75) is 0 Å². The average molecular weight is 426 g/mol. The third-order valence-electron chi connectivity index (χ3n) is 3.97. The number of hydrogen-bond donors (Lipinski definition) is 1. The van der Waals surface area contributed by atoms with E-state index in [2.05, 4.69) is 41.0 Å². The van der Waals surface area contributed by atoms with E-state index in [0.29, 0.717) is 22.4 Å². The van der Waals surface area contributed by atoms with Gasteiger partial charge < -0.3 is 19.6 Å². The van der Waals surface area contributed by atoms with E-state index in [4.69, 9.17) is 16.0 Å². The lowest BCUT2D eigenvalue weighted by Crippen LogP contribution is -1.97. The summed E-state index contributed by atoms with van der Waals surface area (Å²) in [6, 6.07) is 7.49. The smallest absolute Gasteiger partial charge is 0.330 e. The van der Waals surface area contributed by atoms with Gasteiger partial charge in [-0.25, -0.2) is 9.97 Å². The second-order valence-corrected chi connectivity index (χ2v) is 7.19. The van der Waals surface area contributed by atoms with Crippen molar-refractivity contribution in [2.24, 2.45) is 0 Å².